The second-order valence-electron chi connectivity index (χ2n) is 3.19. The predicted molar refractivity (Wildman–Crippen MR) is 66.2 cm³/mol. The van der Waals surface area contributed by atoms with E-state index in [1.54, 1.807) is 18.5 Å². The molecule has 92 valence electrons. The summed E-state index contributed by atoms with van der Waals surface area (Å²) in [7, 11) is 1.52. The highest BCUT2D eigenvalue weighted by Gasteiger charge is 1.97. The summed E-state index contributed by atoms with van der Waals surface area (Å²) in [5, 5.41) is 2.35. The Kier molecular flexibility index (Phi) is 8.97. The molecule has 1 heterocycles. The molecule has 4 heteroatoms. The number of rotatable bonds is 3. The molecule has 0 saturated carbocycles. The van der Waals surface area contributed by atoms with Crippen LogP contribution in [0.5, 0.6) is 0 Å². The first-order chi connectivity index (χ1) is 7.74. The van der Waals surface area contributed by atoms with Crippen molar-refractivity contribution in [2.45, 2.75) is 33.3 Å². The van der Waals surface area contributed by atoms with Crippen molar-refractivity contribution in [3.63, 3.8) is 0 Å². The Labute approximate surface area is 98.5 Å². The van der Waals surface area contributed by atoms with Crippen LogP contribution in [-0.4, -0.2) is 18.1 Å². The molecular formula is C12H22N2O2. The highest BCUT2D eigenvalue weighted by Crippen LogP contribution is 1.97. The van der Waals surface area contributed by atoms with E-state index in [0.29, 0.717) is 0 Å². The molecule has 16 heavy (non-hydrogen) atoms. The number of nitrogens with one attached hydrogen (secondary N) is 1. The van der Waals surface area contributed by atoms with Crippen molar-refractivity contribution in [3.8, 4) is 0 Å². The van der Waals surface area contributed by atoms with Gasteiger partial charge in [0.05, 0.1) is 0 Å². The zero-order chi connectivity index (χ0) is 12.2. The molecule has 0 atom stereocenters. The summed E-state index contributed by atoms with van der Waals surface area (Å²) in [6.45, 7) is 4.62. The van der Waals surface area contributed by atoms with Gasteiger partial charge >= 0.3 is 6.09 Å². The summed E-state index contributed by atoms with van der Waals surface area (Å²) in [5.74, 6) is 0. The third-order valence-electron chi connectivity index (χ3n) is 1.80. The fourth-order valence-electron chi connectivity index (χ4n) is 0.705. The van der Waals surface area contributed by atoms with Gasteiger partial charge in [-0.1, -0.05) is 32.8 Å². The summed E-state index contributed by atoms with van der Waals surface area (Å²) in [4.78, 5) is 14.5. The number of pyridine rings is 1. The van der Waals surface area contributed by atoms with Crippen LogP contribution in [0.2, 0.25) is 0 Å². The standard InChI is InChI=1S/C8H10N2O2.C4H10.H2/c1-9-8(11)12-6-7-3-2-4-10-5-7;1-3-4-2;/h2-5H,6H2,1H3,(H,9,11);3-4H2,1-2H3;1H. The van der Waals surface area contributed by atoms with Gasteiger partial charge in [0.25, 0.3) is 0 Å². The molecule has 1 rings (SSSR count). The molecule has 0 unspecified atom stereocenters. The van der Waals surface area contributed by atoms with Crippen LogP contribution in [0.1, 0.15) is 33.7 Å². The molecule has 0 bridgehead atoms. The lowest BCUT2D eigenvalue weighted by atomic mass is 10.3. The van der Waals surface area contributed by atoms with Crippen LogP contribution in [0, 0.1) is 0 Å². The number of carbonyl (C=O) groups excluding carboxylic acids is 1. The lowest BCUT2D eigenvalue weighted by Gasteiger charge is -2.02. The molecule has 0 spiro atoms. The van der Waals surface area contributed by atoms with Crippen LogP contribution in [0.3, 0.4) is 0 Å². The Balaban J connectivity index is 0. The zero-order valence-electron chi connectivity index (χ0n) is 10.2. The predicted octanol–water partition coefficient (Wildman–Crippen LogP) is 2.99. The maximum absolute atomic E-state index is 10.6. The third-order valence-corrected chi connectivity index (χ3v) is 1.80. The van der Waals surface area contributed by atoms with Gasteiger partial charge in [-0.3, -0.25) is 4.98 Å². The minimum atomic E-state index is -0.432. The van der Waals surface area contributed by atoms with Crippen LogP contribution in [0.15, 0.2) is 24.5 Å². The summed E-state index contributed by atoms with van der Waals surface area (Å²) >= 11 is 0. The molecule has 0 aromatic carbocycles. The van der Waals surface area contributed by atoms with Crippen LogP contribution >= 0.6 is 0 Å². The molecule has 0 aliphatic heterocycles. The fourth-order valence-corrected chi connectivity index (χ4v) is 0.705. The first-order valence-corrected chi connectivity index (χ1v) is 5.48. The van der Waals surface area contributed by atoms with Crippen LogP contribution in [0.4, 0.5) is 4.79 Å². The Morgan fingerprint density at radius 2 is 2.19 bits per heavy atom. The van der Waals surface area contributed by atoms with Crippen molar-refractivity contribution in [2.75, 3.05) is 7.05 Å². The summed E-state index contributed by atoms with van der Waals surface area (Å²) in [6.07, 6.45) is 5.53. The molecule has 0 aliphatic rings. The number of amides is 1. The quantitative estimate of drug-likeness (QED) is 0.862. The van der Waals surface area contributed by atoms with Crippen molar-refractivity contribution in [3.05, 3.63) is 30.1 Å². The number of hydrogen-bond donors (Lipinski definition) is 1. The van der Waals surface area contributed by atoms with Gasteiger partial charge in [0.1, 0.15) is 6.61 Å². The van der Waals surface area contributed by atoms with E-state index < -0.39 is 6.09 Å². The number of carbonyl (C=O) groups is 1. The first-order valence-electron chi connectivity index (χ1n) is 5.48. The van der Waals surface area contributed by atoms with E-state index >= 15 is 0 Å². The number of nitrogens with zero attached hydrogens (tertiary/aromatic N) is 1. The lowest BCUT2D eigenvalue weighted by Crippen LogP contribution is -2.18. The monoisotopic (exact) mass is 226 g/mol. The van der Waals surface area contributed by atoms with Gasteiger partial charge in [0.15, 0.2) is 0 Å². The van der Waals surface area contributed by atoms with Crippen molar-refractivity contribution in [1.82, 2.24) is 10.3 Å². The van der Waals surface area contributed by atoms with Gasteiger partial charge in [-0.25, -0.2) is 4.79 Å². The molecule has 0 fully saturated rings. The van der Waals surface area contributed by atoms with E-state index in [-0.39, 0.29) is 8.03 Å². The van der Waals surface area contributed by atoms with Gasteiger partial charge in [0, 0.05) is 26.4 Å². The number of unbranched alkanes of at least 4 members (excludes halogenated alkanes) is 1. The van der Waals surface area contributed by atoms with Crippen LogP contribution < -0.4 is 5.32 Å². The number of hydrogen-bond acceptors (Lipinski definition) is 3. The maximum atomic E-state index is 10.6. The Morgan fingerprint density at radius 3 is 2.62 bits per heavy atom. The van der Waals surface area contributed by atoms with E-state index in [4.69, 9.17) is 4.74 Å². The van der Waals surface area contributed by atoms with Gasteiger partial charge in [-0.05, 0) is 6.07 Å². The average Bonchev–Trinajstić information content (AvgIpc) is 2.37. The van der Waals surface area contributed by atoms with E-state index in [1.165, 1.54) is 19.9 Å². The van der Waals surface area contributed by atoms with Gasteiger partial charge in [-0.2, -0.15) is 0 Å². The molecule has 1 amide bonds. The smallest absolute Gasteiger partial charge is 0.407 e. The molecular weight excluding hydrogens is 204 g/mol. The number of aromatic nitrogens is 1. The van der Waals surface area contributed by atoms with Crippen LogP contribution in [0.25, 0.3) is 0 Å². The van der Waals surface area contributed by atoms with Crippen molar-refractivity contribution >= 4 is 6.09 Å². The molecule has 1 aromatic rings. The second kappa shape index (κ2) is 9.96. The Morgan fingerprint density at radius 1 is 1.50 bits per heavy atom. The normalized spacial score (nSPS) is 8.69. The van der Waals surface area contributed by atoms with Crippen molar-refractivity contribution in [2.24, 2.45) is 0 Å². The molecule has 4 nitrogen and oxygen atoms in total. The molecule has 1 N–H and O–H groups in total. The Bertz CT molecular complexity index is 279. The topological polar surface area (TPSA) is 51.2 Å². The molecule has 1 aromatic heterocycles. The average molecular weight is 226 g/mol. The fraction of sp³-hybridized carbons (Fsp3) is 0.500. The SMILES string of the molecule is CCCC.CNC(=O)OCc1cccnc1.[HH]. The van der Waals surface area contributed by atoms with E-state index in [0.717, 1.165) is 5.56 Å². The largest absolute Gasteiger partial charge is 0.445 e. The Hall–Kier alpha value is -1.58. The van der Waals surface area contributed by atoms with Gasteiger partial charge < -0.3 is 10.1 Å². The van der Waals surface area contributed by atoms with E-state index in [9.17, 15) is 4.79 Å². The molecule has 0 radical (unpaired) electrons. The van der Waals surface area contributed by atoms with Crippen molar-refractivity contribution in [1.29, 1.82) is 0 Å². The highest BCUT2D eigenvalue weighted by molar-refractivity contribution is 5.66. The minimum Gasteiger partial charge on any atom is -0.445 e. The van der Waals surface area contributed by atoms with Crippen molar-refractivity contribution < 1.29 is 11.0 Å². The van der Waals surface area contributed by atoms with Gasteiger partial charge in [-0.15, -0.1) is 0 Å². The summed E-state index contributed by atoms with van der Waals surface area (Å²) in [5.41, 5.74) is 0.876. The zero-order valence-corrected chi connectivity index (χ0v) is 10.2. The molecule has 0 aliphatic carbocycles. The third kappa shape index (κ3) is 7.79. The van der Waals surface area contributed by atoms with Gasteiger partial charge in [0.2, 0.25) is 0 Å². The number of alkyl carbamates (subject to hydrolysis) is 1. The highest BCUT2D eigenvalue weighted by atomic mass is 16.5. The van der Waals surface area contributed by atoms with Crippen LogP contribution in [-0.2, 0) is 11.3 Å². The van der Waals surface area contributed by atoms with E-state index in [1.807, 2.05) is 6.07 Å². The lowest BCUT2D eigenvalue weighted by molar-refractivity contribution is 0.142. The summed E-state index contributed by atoms with van der Waals surface area (Å²) in [6, 6.07) is 3.64. The number of ether oxygens (including phenoxy) is 1. The molecule has 0 saturated heterocycles. The minimum absolute atomic E-state index is 0. The second-order valence-corrected chi connectivity index (χ2v) is 3.19. The first kappa shape index (κ1) is 14.4. The van der Waals surface area contributed by atoms with E-state index in [2.05, 4.69) is 24.1 Å². The maximum Gasteiger partial charge on any atom is 0.407 e. The summed E-state index contributed by atoms with van der Waals surface area (Å²) < 4.78 is 4.79.